The van der Waals surface area contributed by atoms with Gasteiger partial charge in [-0.15, -0.1) is 0 Å². The second-order valence-corrected chi connectivity index (χ2v) is 12.2. The minimum atomic E-state index is -0.0503. The van der Waals surface area contributed by atoms with E-state index in [1.165, 1.54) is 77.3 Å². The highest BCUT2D eigenvalue weighted by molar-refractivity contribution is 5.09. The van der Waals surface area contributed by atoms with Gasteiger partial charge in [0.1, 0.15) is 0 Å². The average Bonchev–Trinajstić information content (AvgIpc) is 3.38. The van der Waals surface area contributed by atoms with E-state index in [1.54, 1.807) is 0 Å². The minimum absolute atomic E-state index is 0.0503. The summed E-state index contributed by atoms with van der Waals surface area (Å²) in [5.41, 5.74) is 0.712. The Balaban J connectivity index is 1.08. The Labute approximate surface area is 190 Å². The minimum Gasteiger partial charge on any atom is -0.393 e. The van der Waals surface area contributed by atoms with Crippen LogP contribution in [0.15, 0.2) is 0 Å². The molecule has 1 saturated heterocycles. The molecule has 4 heteroatoms. The molecule has 178 valence electrons. The Morgan fingerprint density at radius 2 is 1.61 bits per heavy atom. The fourth-order valence-electron chi connectivity index (χ4n) is 8.92. The average molecular weight is 434 g/mol. The molecule has 31 heavy (non-hydrogen) atoms. The number of likely N-dealkylation sites (tertiary alicyclic amines) is 1. The van der Waals surface area contributed by atoms with E-state index in [4.69, 9.17) is 9.47 Å². The molecule has 5 fully saturated rings. The molecule has 5 rings (SSSR count). The van der Waals surface area contributed by atoms with Crippen molar-refractivity contribution in [3.63, 3.8) is 0 Å². The summed E-state index contributed by atoms with van der Waals surface area (Å²) < 4.78 is 12.2. The number of fused-ring (bicyclic) bond motifs is 5. The summed E-state index contributed by atoms with van der Waals surface area (Å²) in [5.74, 6) is 3.34. The molecule has 0 aromatic carbocycles. The highest BCUT2D eigenvalue weighted by atomic mass is 16.5. The number of aliphatic hydroxyl groups is 1. The van der Waals surface area contributed by atoms with E-state index < -0.39 is 0 Å². The summed E-state index contributed by atoms with van der Waals surface area (Å²) in [4.78, 5) is 2.51. The first-order valence-corrected chi connectivity index (χ1v) is 13.6. The molecular formula is C27H47NO3. The molecule has 8 atom stereocenters. The van der Waals surface area contributed by atoms with Crippen molar-refractivity contribution in [1.82, 2.24) is 4.90 Å². The summed E-state index contributed by atoms with van der Waals surface area (Å²) in [5, 5.41) is 10.7. The molecular weight excluding hydrogens is 386 g/mol. The Morgan fingerprint density at radius 1 is 0.839 bits per heavy atom. The summed E-state index contributed by atoms with van der Waals surface area (Å²) in [6.07, 6.45) is 14.6. The monoisotopic (exact) mass is 433 g/mol. The summed E-state index contributed by atoms with van der Waals surface area (Å²) >= 11 is 0. The van der Waals surface area contributed by atoms with Crippen molar-refractivity contribution in [2.24, 2.45) is 34.5 Å². The van der Waals surface area contributed by atoms with Gasteiger partial charge in [-0.05, 0) is 118 Å². The number of nitrogens with zero attached hydrogens (tertiary/aromatic N) is 1. The number of ether oxygens (including phenoxy) is 2. The van der Waals surface area contributed by atoms with Crippen molar-refractivity contribution in [3.8, 4) is 0 Å². The van der Waals surface area contributed by atoms with Crippen LogP contribution in [0.2, 0.25) is 0 Å². The van der Waals surface area contributed by atoms with Crippen LogP contribution in [0, 0.1) is 34.5 Å². The van der Waals surface area contributed by atoms with Crippen molar-refractivity contribution in [1.29, 1.82) is 0 Å². The zero-order valence-corrected chi connectivity index (χ0v) is 20.2. The number of aliphatic hydroxyl groups excluding tert-OH is 1. The molecule has 0 spiro atoms. The van der Waals surface area contributed by atoms with E-state index in [1.807, 2.05) is 0 Å². The number of rotatable bonds is 7. The topological polar surface area (TPSA) is 41.9 Å². The Kier molecular flexibility index (Phi) is 6.74. The van der Waals surface area contributed by atoms with E-state index in [0.29, 0.717) is 11.5 Å². The van der Waals surface area contributed by atoms with Crippen LogP contribution >= 0.6 is 0 Å². The fraction of sp³-hybridized carbons (Fsp3) is 1.00. The maximum atomic E-state index is 10.7. The van der Waals surface area contributed by atoms with Crippen molar-refractivity contribution >= 4 is 0 Å². The molecule has 0 aromatic heterocycles. The Bertz CT molecular complexity index is 607. The third kappa shape index (κ3) is 4.24. The molecule has 0 radical (unpaired) electrons. The lowest BCUT2D eigenvalue weighted by Gasteiger charge is -2.60. The van der Waals surface area contributed by atoms with Crippen LogP contribution in [-0.2, 0) is 9.47 Å². The molecule has 4 nitrogen and oxygen atoms in total. The van der Waals surface area contributed by atoms with Crippen molar-refractivity contribution in [2.75, 3.05) is 39.5 Å². The Hall–Kier alpha value is -0.160. The SMILES string of the molecule is C[C@]12CC[C@H](OCCOCCN3CCCC3)CC1CCC1C2CC[C@@]2(C)C1CC[C@@H]2O. The second-order valence-electron chi connectivity index (χ2n) is 12.2. The molecule has 5 aliphatic rings. The van der Waals surface area contributed by atoms with Gasteiger partial charge in [0.15, 0.2) is 0 Å². The predicted molar refractivity (Wildman–Crippen MR) is 124 cm³/mol. The van der Waals surface area contributed by atoms with E-state index >= 15 is 0 Å². The van der Waals surface area contributed by atoms with Gasteiger partial charge in [-0.1, -0.05) is 13.8 Å². The quantitative estimate of drug-likeness (QED) is 0.581. The molecule has 4 saturated carbocycles. The summed E-state index contributed by atoms with van der Waals surface area (Å²) in [6, 6.07) is 0. The highest BCUT2D eigenvalue weighted by Gasteiger charge is 2.60. The third-order valence-corrected chi connectivity index (χ3v) is 10.9. The van der Waals surface area contributed by atoms with Gasteiger partial charge in [-0.2, -0.15) is 0 Å². The van der Waals surface area contributed by atoms with Crippen LogP contribution in [0.4, 0.5) is 0 Å². The first-order chi connectivity index (χ1) is 15.0. The van der Waals surface area contributed by atoms with Crippen molar-refractivity contribution < 1.29 is 14.6 Å². The largest absolute Gasteiger partial charge is 0.393 e. The van der Waals surface area contributed by atoms with Gasteiger partial charge < -0.3 is 19.5 Å². The summed E-state index contributed by atoms with van der Waals surface area (Å²) in [7, 11) is 0. The number of hydrogen-bond donors (Lipinski definition) is 1. The first kappa shape index (κ1) is 22.6. The molecule has 4 unspecified atom stereocenters. The molecule has 0 amide bonds. The first-order valence-electron chi connectivity index (χ1n) is 13.6. The van der Waals surface area contributed by atoms with Gasteiger partial charge in [0.2, 0.25) is 0 Å². The van der Waals surface area contributed by atoms with Gasteiger partial charge in [0, 0.05) is 6.54 Å². The van der Waals surface area contributed by atoms with Crippen LogP contribution < -0.4 is 0 Å². The summed E-state index contributed by atoms with van der Waals surface area (Å²) in [6.45, 7) is 11.0. The van der Waals surface area contributed by atoms with E-state index in [9.17, 15) is 5.11 Å². The van der Waals surface area contributed by atoms with Gasteiger partial charge in [-0.3, -0.25) is 0 Å². The maximum absolute atomic E-state index is 10.7. The molecule has 4 aliphatic carbocycles. The van der Waals surface area contributed by atoms with Crippen LogP contribution in [0.5, 0.6) is 0 Å². The smallest absolute Gasteiger partial charge is 0.0704 e. The van der Waals surface area contributed by atoms with Gasteiger partial charge >= 0.3 is 0 Å². The zero-order chi connectivity index (χ0) is 21.5. The standard InChI is InChI=1S/C27H47NO3/c1-26-11-9-21(31-18-17-30-16-15-28-13-3-4-14-28)19-20(26)5-6-22-23-7-8-25(29)27(23,2)12-10-24(22)26/h20-25,29H,3-19H2,1-2H3/t20?,21-,22?,23?,24?,25-,26-,27-/m0/s1. The van der Waals surface area contributed by atoms with Gasteiger partial charge in [-0.25, -0.2) is 0 Å². The van der Waals surface area contributed by atoms with Crippen molar-refractivity contribution in [3.05, 3.63) is 0 Å². The molecule has 0 bridgehead atoms. The third-order valence-electron chi connectivity index (χ3n) is 10.9. The van der Waals surface area contributed by atoms with E-state index in [-0.39, 0.29) is 11.5 Å². The second kappa shape index (κ2) is 9.24. The normalized spacial score (nSPS) is 47.7. The van der Waals surface area contributed by atoms with Crippen LogP contribution in [0.25, 0.3) is 0 Å². The highest BCUT2D eigenvalue weighted by Crippen LogP contribution is 2.66. The van der Waals surface area contributed by atoms with Crippen LogP contribution in [0.1, 0.15) is 84.5 Å². The molecule has 0 aromatic rings. The molecule has 1 N–H and O–H groups in total. The van der Waals surface area contributed by atoms with E-state index in [0.717, 1.165) is 56.5 Å². The van der Waals surface area contributed by atoms with Gasteiger partial charge in [0.25, 0.3) is 0 Å². The molecule has 1 heterocycles. The van der Waals surface area contributed by atoms with E-state index in [2.05, 4.69) is 18.7 Å². The van der Waals surface area contributed by atoms with Gasteiger partial charge in [0.05, 0.1) is 32.0 Å². The lowest BCUT2D eigenvalue weighted by Crippen LogP contribution is -2.54. The Morgan fingerprint density at radius 3 is 2.45 bits per heavy atom. The predicted octanol–water partition coefficient (Wildman–Crippen LogP) is 4.89. The number of hydrogen-bond acceptors (Lipinski definition) is 4. The zero-order valence-electron chi connectivity index (χ0n) is 20.2. The fourth-order valence-corrected chi connectivity index (χ4v) is 8.92. The van der Waals surface area contributed by atoms with Crippen LogP contribution in [0.3, 0.4) is 0 Å². The van der Waals surface area contributed by atoms with Crippen LogP contribution in [-0.4, -0.2) is 61.7 Å². The maximum Gasteiger partial charge on any atom is 0.0704 e. The molecule has 1 aliphatic heterocycles. The lowest BCUT2D eigenvalue weighted by atomic mass is 9.45. The lowest BCUT2D eigenvalue weighted by molar-refractivity contribution is -0.142. The van der Waals surface area contributed by atoms with Crippen molar-refractivity contribution in [2.45, 2.75) is 96.7 Å².